The molecular weight excluding hydrogens is 246 g/mol. The Morgan fingerprint density at radius 1 is 1.39 bits per heavy atom. The lowest BCUT2D eigenvalue weighted by atomic mass is 10.3. The van der Waals surface area contributed by atoms with Gasteiger partial charge in [-0.2, -0.15) is 0 Å². The topological polar surface area (TPSA) is 78.4 Å². The lowest BCUT2D eigenvalue weighted by molar-refractivity contribution is -0.124. The van der Waals surface area contributed by atoms with Crippen LogP contribution in [0.4, 0.5) is 8.78 Å². The third-order valence-corrected chi connectivity index (χ3v) is 2.87. The van der Waals surface area contributed by atoms with E-state index in [1.54, 1.807) is 0 Å². The van der Waals surface area contributed by atoms with E-state index in [9.17, 15) is 18.4 Å². The SMILES string of the molecule is CC1CC1C(=O)NCCC(=O)NCC(F)(F)CO. The maximum atomic E-state index is 12.6. The summed E-state index contributed by atoms with van der Waals surface area (Å²) < 4.78 is 25.2. The Bertz CT molecular complexity index is 323. The van der Waals surface area contributed by atoms with Gasteiger partial charge in [0, 0.05) is 18.9 Å². The van der Waals surface area contributed by atoms with Gasteiger partial charge < -0.3 is 15.7 Å². The molecule has 1 saturated carbocycles. The minimum atomic E-state index is -3.30. The van der Waals surface area contributed by atoms with E-state index in [0.29, 0.717) is 5.92 Å². The van der Waals surface area contributed by atoms with Crippen molar-refractivity contribution in [3.63, 3.8) is 0 Å². The number of halogens is 2. The molecule has 1 fully saturated rings. The fraction of sp³-hybridized carbons (Fsp3) is 0.818. The van der Waals surface area contributed by atoms with Crippen LogP contribution < -0.4 is 10.6 Å². The van der Waals surface area contributed by atoms with E-state index in [4.69, 9.17) is 5.11 Å². The molecule has 0 bridgehead atoms. The largest absolute Gasteiger partial charge is 0.390 e. The van der Waals surface area contributed by atoms with Crippen molar-refractivity contribution in [3.8, 4) is 0 Å². The standard InChI is InChI=1S/C11H18F2N2O3/c1-7-4-8(7)10(18)14-3-2-9(17)15-5-11(12,13)6-16/h7-8,16H,2-6H2,1H3,(H,14,18)(H,15,17). The zero-order valence-electron chi connectivity index (χ0n) is 10.2. The van der Waals surface area contributed by atoms with Crippen LogP contribution in [-0.2, 0) is 9.59 Å². The summed E-state index contributed by atoms with van der Waals surface area (Å²) >= 11 is 0. The minimum Gasteiger partial charge on any atom is -0.390 e. The zero-order chi connectivity index (χ0) is 13.8. The summed E-state index contributed by atoms with van der Waals surface area (Å²) in [7, 11) is 0. The van der Waals surface area contributed by atoms with Gasteiger partial charge in [-0.1, -0.05) is 6.92 Å². The number of carbonyl (C=O) groups excluding carboxylic acids is 2. The van der Waals surface area contributed by atoms with Crippen LogP contribution in [0.15, 0.2) is 0 Å². The molecule has 0 aromatic heterocycles. The maximum Gasteiger partial charge on any atom is 0.287 e. The first kappa shape index (κ1) is 14.8. The van der Waals surface area contributed by atoms with Crippen LogP contribution in [-0.4, -0.2) is 42.5 Å². The number of hydrogen-bond acceptors (Lipinski definition) is 3. The van der Waals surface area contributed by atoms with E-state index in [2.05, 4.69) is 5.32 Å². The highest BCUT2D eigenvalue weighted by Crippen LogP contribution is 2.37. The molecule has 0 radical (unpaired) electrons. The number of alkyl halides is 2. The monoisotopic (exact) mass is 264 g/mol. The van der Waals surface area contributed by atoms with Crippen molar-refractivity contribution in [2.75, 3.05) is 19.7 Å². The number of hydrogen-bond donors (Lipinski definition) is 3. The van der Waals surface area contributed by atoms with Crippen molar-refractivity contribution in [3.05, 3.63) is 0 Å². The van der Waals surface area contributed by atoms with E-state index >= 15 is 0 Å². The molecule has 1 aliphatic carbocycles. The molecule has 0 heterocycles. The average Bonchev–Trinajstić information content (AvgIpc) is 3.04. The van der Waals surface area contributed by atoms with Crippen molar-refractivity contribution >= 4 is 11.8 Å². The highest BCUT2D eigenvalue weighted by Gasteiger charge is 2.38. The molecule has 104 valence electrons. The van der Waals surface area contributed by atoms with E-state index in [1.807, 2.05) is 12.2 Å². The van der Waals surface area contributed by atoms with Gasteiger partial charge in [-0.15, -0.1) is 0 Å². The Balaban J connectivity index is 2.08. The van der Waals surface area contributed by atoms with E-state index in [0.717, 1.165) is 6.42 Å². The lowest BCUT2D eigenvalue weighted by Gasteiger charge is -2.13. The summed E-state index contributed by atoms with van der Waals surface area (Å²) in [5.74, 6) is -3.54. The summed E-state index contributed by atoms with van der Waals surface area (Å²) in [5.41, 5.74) is 0. The Labute approximate surface area is 104 Å². The van der Waals surface area contributed by atoms with Crippen LogP contribution in [0.1, 0.15) is 19.8 Å². The molecule has 0 aliphatic heterocycles. The third kappa shape index (κ3) is 4.95. The molecule has 0 aromatic rings. The van der Waals surface area contributed by atoms with Crippen LogP contribution in [0.25, 0.3) is 0 Å². The second kappa shape index (κ2) is 6.08. The molecule has 3 N–H and O–H groups in total. The van der Waals surface area contributed by atoms with Gasteiger partial charge in [-0.05, 0) is 12.3 Å². The second-order valence-electron chi connectivity index (χ2n) is 4.65. The molecule has 5 nitrogen and oxygen atoms in total. The Morgan fingerprint density at radius 2 is 2.00 bits per heavy atom. The van der Waals surface area contributed by atoms with Crippen molar-refractivity contribution in [1.29, 1.82) is 0 Å². The van der Waals surface area contributed by atoms with Gasteiger partial charge in [-0.25, -0.2) is 8.78 Å². The number of carbonyl (C=O) groups is 2. The van der Waals surface area contributed by atoms with Crippen molar-refractivity contribution in [2.45, 2.75) is 25.7 Å². The molecule has 0 saturated heterocycles. The summed E-state index contributed by atoms with van der Waals surface area (Å²) in [5, 5.41) is 12.9. The second-order valence-corrected chi connectivity index (χ2v) is 4.65. The van der Waals surface area contributed by atoms with Crippen molar-refractivity contribution < 1.29 is 23.5 Å². The molecule has 7 heteroatoms. The normalized spacial score (nSPS) is 22.4. The predicted molar refractivity (Wildman–Crippen MR) is 59.9 cm³/mol. The van der Waals surface area contributed by atoms with Crippen molar-refractivity contribution in [1.82, 2.24) is 10.6 Å². The van der Waals surface area contributed by atoms with Gasteiger partial charge in [0.15, 0.2) is 0 Å². The Hall–Kier alpha value is -1.24. The predicted octanol–water partition coefficient (Wildman–Crippen LogP) is -0.108. The molecule has 1 aliphatic rings. The Morgan fingerprint density at radius 3 is 2.50 bits per heavy atom. The summed E-state index contributed by atoms with van der Waals surface area (Å²) in [6.07, 6.45) is 0.815. The van der Waals surface area contributed by atoms with Crippen LogP contribution in [0.2, 0.25) is 0 Å². The van der Waals surface area contributed by atoms with Gasteiger partial charge in [0.1, 0.15) is 6.61 Å². The summed E-state index contributed by atoms with van der Waals surface area (Å²) in [6.45, 7) is -0.0912. The molecule has 0 spiro atoms. The number of amides is 2. The molecule has 2 unspecified atom stereocenters. The fourth-order valence-electron chi connectivity index (χ4n) is 1.49. The van der Waals surface area contributed by atoms with Gasteiger partial charge in [0.05, 0.1) is 6.54 Å². The van der Waals surface area contributed by atoms with Crippen molar-refractivity contribution in [2.24, 2.45) is 11.8 Å². The van der Waals surface area contributed by atoms with Crippen LogP contribution in [0.3, 0.4) is 0 Å². The summed E-state index contributed by atoms with van der Waals surface area (Å²) in [6, 6.07) is 0. The quantitative estimate of drug-likeness (QED) is 0.600. The van der Waals surface area contributed by atoms with Gasteiger partial charge in [0.25, 0.3) is 5.92 Å². The molecule has 2 atom stereocenters. The Kier molecular flexibility index (Phi) is 5.01. The minimum absolute atomic E-state index is 0.0341. The smallest absolute Gasteiger partial charge is 0.287 e. The average molecular weight is 264 g/mol. The number of nitrogens with one attached hydrogen (secondary N) is 2. The first-order valence-electron chi connectivity index (χ1n) is 5.89. The fourth-order valence-corrected chi connectivity index (χ4v) is 1.49. The molecule has 18 heavy (non-hydrogen) atoms. The number of rotatable bonds is 7. The molecule has 2 amide bonds. The van der Waals surface area contributed by atoms with Crippen LogP contribution in [0.5, 0.6) is 0 Å². The molecular formula is C11H18F2N2O3. The first-order valence-corrected chi connectivity index (χ1v) is 5.89. The van der Waals surface area contributed by atoms with Gasteiger partial charge >= 0.3 is 0 Å². The van der Waals surface area contributed by atoms with E-state index < -0.39 is 25.0 Å². The molecule has 1 rings (SSSR count). The lowest BCUT2D eigenvalue weighted by Crippen LogP contribution is -2.40. The van der Waals surface area contributed by atoms with Gasteiger partial charge in [-0.3, -0.25) is 9.59 Å². The third-order valence-electron chi connectivity index (χ3n) is 2.87. The van der Waals surface area contributed by atoms with E-state index in [1.165, 1.54) is 0 Å². The highest BCUT2D eigenvalue weighted by molar-refractivity contribution is 5.82. The zero-order valence-corrected chi connectivity index (χ0v) is 10.2. The van der Waals surface area contributed by atoms with E-state index in [-0.39, 0.29) is 24.8 Å². The van der Waals surface area contributed by atoms with Crippen LogP contribution in [0, 0.1) is 11.8 Å². The first-order chi connectivity index (χ1) is 8.35. The highest BCUT2D eigenvalue weighted by atomic mass is 19.3. The molecule has 0 aromatic carbocycles. The summed E-state index contributed by atoms with van der Waals surface area (Å²) in [4.78, 5) is 22.5. The number of aliphatic hydroxyl groups is 1. The van der Waals surface area contributed by atoms with Crippen LogP contribution >= 0.6 is 0 Å². The number of aliphatic hydroxyl groups excluding tert-OH is 1. The van der Waals surface area contributed by atoms with Gasteiger partial charge in [0.2, 0.25) is 11.8 Å². The maximum absolute atomic E-state index is 12.6.